The Morgan fingerprint density at radius 3 is 1.82 bits per heavy atom. The largest absolute Gasteiger partial charge is 0.456 e. The maximum atomic E-state index is 6.51. The summed E-state index contributed by atoms with van der Waals surface area (Å²) in [7, 11) is 0. The van der Waals surface area contributed by atoms with Crippen molar-refractivity contribution in [3.8, 4) is 33.4 Å². The lowest BCUT2D eigenvalue weighted by Crippen LogP contribution is -2.10. The van der Waals surface area contributed by atoms with Crippen LogP contribution < -0.4 is 4.90 Å². The molecule has 0 bridgehead atoms. The molecule has 3 nitrogen and oxygen atoms in total. The van der Waals surface area contributed by atoms with E-state index in [0.717, 1.165) is 83.2 Å². The minimum absolute atomic E-state index is 0.862. The van der Waals surface area contributed by atoms with Gasteiger partial charge in [0.15, 0.2) is 0 Å². The van der Waals surface area contributed by atoms with Crippen molar-refractivity contribution in [2.45, 2.75) is 0 Å². The lowest BCUT2D eigenvalue weighted by atomic mass is 9.99. The van der Waals surface area contributed by atoms with Gasteiger partial charge in [-0.25, -0.2) is 0 Å². The molecule has 0 aliphatic rings. The average Bonchev–Trinajstić information content (AvgIpc) is 4.03. The number of anilines is 3. The van der Waals surface area contributed by atoms with Crippen molar-refractivity contribution >= 4 is 103 Å². The molecule has 0 atom stereocenters. The number of nitrogens with zero attached hydrogens (tertiary/aromatic N) is 1. The van der Waals surface area contributed by atoms with Crippen molar-refractivity contribution in [1.82, 2.24) is 0 Å². The van der Waals surface area contributed by atoms with Crippen LogP contribution in [-0.4, -0.2) is 0 Å². The smallest absolute Gasteiger partial charge is 0.143 e. The summed E-state index contributed by atoms with van der Waals surface area (Å²) in [6.45, 7) is 0. The van der Waals surface area contributed by atoms with Gasteiger partial charge in [0.25, 0.3) is 0 Å². The molecule has 0 aliphatic heterocycles. The third-order valence-electron chi connectivity index (χ3n) is 12.5. The summed E-state index contributed by atoms with van der Waals surface area (Å²) in [4.78, 5) is 2.41. The van der Waals surface area contributed by atoms with Gasteiger partial charge in [0.2, 0.25) is 0 Å². The van der Waals surface area contributed by atoms with Crippen LogP contribution in [0, 0.1) is 0 Å². The Bertz CT molecular complexity index is 3870. The molecular formula is C58H35NO2S. The highest BCUT2D eigenvalue weighted by Gasteiger charge is 2.21. The first kappa shape index (κ1) is 34.9. The van der Waals surface area contributed by atoms with E-state index in [0.29, 0.717) is 0 Å². The molecule has 10 aromatic carbocycles. The molecule has 0 radical (unpaired) electrons. The Morgan fingerprint density at radius 2 is 0.968 bits per heavy atom. The zero-order chi connectivity index (χ0) is 40.7. The second-order valence-corrected chi connectivity index (χ2v) is 17.1. The predicted molar refractivity (Wildman–Crippen MR) is 262 cm³/mol. The van der Waals surface area contributed by atoms with Crippen molar-refractivity contribution in [3.05, 3.63) is 212 Å². The monoisotopic (exact) mass is 809 g/mol. The lowest BCUT2D eigenvalue weighted by Gasteiger charge is -2.27. The second-order valence-electron chi connectivity index (χ2n) is 16.0. The molecule has 3 aromatic heterocycles. The SMILES string of the molecule is c1ccc(-c2ccc(-c3cccc(N(c4ccc5c(c4)oc4ccccc45)c4cccc5ccc6c7ccc(-c8cccc9c8oc8ccccc89)cc7sc6c45)c3)cc2)cc1. The predicted octanol–water partition coefficient (Wildman–Crippen LogP) is 17.5. The molecule has 0 aliphatic carbocycles. The van der Waals surface area contributed by atoms with E-state index in [4.69, 9.17) is 8.83 Å². The van der Waals surface area contributed by atoms with Crippen LogP contribution in [0.4, 0.5) is 17.1 Å². The molecule has 0 unspecified atom stereocenters. The molecule has 62 heavy (non-hydrogen) atoms. The van der Waals surface area contributed by atoms with Gasteiger partial charge in [0.1, 0.15) is 22.3 Å². The molecule has 0 spiro atoms. The summed E-state index contributed by atoms with van der Waals surface area (Å²) < 4.78 is 15.5. The molecule has 13 rings (SSSR count). The molecule has 0 fully saturated rings. The number of rotatable bonds is 6. The van der Waals surface area contributed by atoms with Gasteiger partial charge < -0.3 is 13.7 Å². The van der Waals surface area contributed by atoms with Gasteiger partial charge >= 0.3 is 0 Å². The van der Waals surface area contributed by atoms with Gasteiger partial charge in [-0.3, -0.25) is 0 Å². The van der Waals surface area contributed by atoms with E-state index in [9.17, 15) is 0 Å². The minimum atomic E-state index is 0.862. The molecule has 3 heterocycles. The van der Waals surface area contributed by atoms with Gasteiger partial charge in [0, 0.05) is 70.1 Å². The molecule has 0 saturated heterocycles. The van der Waals surface area contributed by atoms with Crippen LogP contribution in [0.1, 0.15) is 0 Å². The fraction of sp³-hybridized carbons (Fsp3) is 0. The summed E-state index contributed by atoms with van der Waals surface area (Å²) in [5, 5.41) is 9.41. The summed E-state index contributed by atoms with van der Waals surface area (Å²) in [5.41, 5.74) is 13.8. The first-order valence-electron chi connectivity index (χ1n) is 21.0. The Balaban J connectivity index is 1.00. The van der Waals surface area contributed by atoms with E-state index >= 15 is 0 Å². The second kappa shape index (κ2) is 13.8. The highest BCUT2D eigenvalue weighted by Crippen LogP contribution is 2.48. The normalized spacial score (nSPS) is 11.9. The van der Waals surface area contributed by atoms with Crippen molar-refractivity contribution in [2.75, 3.05) is 4.90 Å². The van der Waals surface area contributed by atoms with Crippen molar-refractivity contribution in [3.63, 3.8) is 0 Å². The molecule has 13 aromatic rings. The molecular weight excluding hydrogens is 775 g/mol. The summed E-state index contributed by atoms with van der Waals surface area (Å²) in [5.74, 6) is 0. The summed E-state index contributed by atoms with van der Waals surface area (Å²) in [6.07, 6.45) is 0. The molecule has 4 heteroatoms. The van der Waals surface area contributed by atoms with E-state index in [1.807, 2.05) is 29.5 Å². The summed E-state index contributed by atoms with van der Waals surface area (Å²) >= 11 is 1.86. The first-order chi connectivity index (χ1) is 30.7. The third-order valence-corrected chi connectivity index (χ3v) is 13.7. The van der Waals surface area contributed by atoms with Crippen LogP contribution in [0.3, 0.4) is 0 Å². The lowest BCUT2D eigenvalue weighted by molar-refractivity contribution is 0.669. The van der Waals surface area contributed by atoms with Crippen LogP contribution in [0.25, 0.3) is 108 Å². The van der Waals surface area contributed by atoms with Gasteiger partial charge in [-0.2, -0.15) is 0 Å². The van der Waals surface area contributed by atoms with E-state index in [2.05, 4.69) is 199 Å². The molecule has 0 amide bonds. The number of hydrogen-bond acceptors (Lipinski definition) is 4. The first-order valence-corrected chi connectivity index (χ1v) is 21.8. The fourth-order valence-electron chi connectivity index (χ4n) is 9.50. The Labute approximate surface area is 360 Å². The quantitative estimate of drug-likeness (QED) is 0.168. The number of fused-ring (bicyclic) bond motifs is 11. The highest BCUT2D eigenvalue weighted by molar-refractivity contribution is 7.26. The topological polar surface area (TPSA) is 29.5 Å². The van der Waals surface area contributed by atoms with Crippen LogP contribution in [0.5, 0.6) is 0 Å². The molecule has 0 saturated carbocycles. The van der Waals surface area contributed by atoms with Crippen LogP contribution in [0.2, 0.25) is 0 Å². The Hall–Kier alpha value is -7.92. The minimum Gasteiger partial charge on any atom is -0.456 e. The van der Waals surface area contributed by atoms with Crippen molar-refractivity contribution in [1.29, 1.82) is 0 Å². The maximum absolute atomic E-state index is 6.51. The Morgan fingerprint density at radius 1 is 0.355 bits per heavy atom. The van der Waals surface area contributed by atoms with E-state index < -0.39 is 0 Å². The third kappa shape index (κ3) is 5.51. The highest BCUT2D eigenvalue weighted by atomic mass is 32.1. The zero-order valence-corrected chi connectivity index (χ0v) is 34.2. The molecule has 0 N–H and O–H groups in total. The van der Waals surface area contributed by atoms with E-state index in [-0.39, 0.29) is 0 Å². The van der Waals surface area contributed by atoms with Gasteiger partial charge in [-0.05, 0) is 81.7 Å². The van der Waals surface area contributed by atoms with Crippen LogP contribution in [-0.2, 0) is 0 Å². The number of furan rings is 2. The van der Waals surface area contributed by atoms with Gasteiger partial charge in [0.05, 0.1) is 5.69 Å². The standard InChI is InChI=1S/C58H35NO2S/c1-2-11-36(12-3-1)37-23-25-38(26-24-37)40-14-8-15-42(33-40)59(43-29-32-47-45-16-4-6-21-52(45)60-54(47)35-43)51-20-9-13-39-27-31-50-48-30-28-41(34-55(48)62-58(50)56(39)51)44-18-10-19-49-46-17-5-7-22-53(46)61-57(44)49/h1-35H. The number of hydrogen-bond donors (Lipinski definition) is 0. The number of thiophene rings is 1. The maximum Gasteiger partial charge on any atom is 0.143 e. The van der Waals surface area contributed by atoms with Gasteiger partial charge in [-0.1, -0.05) is 158 Å². The molecule has 290 valence electrons. The fourth-order valence-corrected chi connectivity index (χ4v) is 10.8. The zero-order valence-electron chi connectivity index (χ0n) is 33.4. The van der Waals surface area contributed by atoms with Crippen LogP contribution >= 0.6 is 11.3 Å². The van der Waals surface area contributed by atoms with Gasteiger partial charge in [-0.15, -0.1) is 11.3 Å². The number of para-hydroxylation sites is 3. The van der Waals surface area contributed by atoms with Crippen molar-refractivity contribution in [2.24, 2.45) is 0 Å². The Kier molecular flexibility index (Phi) is 7.78. The summed E-state index contributed by atoms with van der Waals surface area (Å²) in [6, 6.07) is 76.2. The van der Waals surface area contributed by atoms with E-state index in [1.54, 1.807) is 0 Å². The number of benzene rings is 10. The van der Waals surface area contributed by atoms with Crippen LogP contribution in [0.15, 0.2) is 221 Å². The average molecular weight is 810 g/mol. The van der Waals surface area contributed by atoms with Crippen molar-refractivity contribution < 1.29 is 8.83 Å². The van der Waals surface area contributed by atoms with E-state index in [1.165, 1.54) is 42.1 Å².